The minimum atomic E-state index is -3.95. The van der Waals surface area contributed by atoms with Crippen molar-refractivity contribution in [2.45, 2.75) is 24.3 Å². The van der Waals surface area contributed by atoms with E-state index >= 15 is 0 Å². The highest BCUT2D eigenvalue weighted by Gasteiger charge is 2.32. The molecule has 1 N–H and O–H groups in total. The number of carbonyl (C=O) groups is 2. The van der Waals surface area contributed by atoms with E-state index in [1.807, 2.05) is 0 Å². The van der Waals surface area contributed by atoms with Crippen LogP contribution in [0.5, 0.6) is 5.75 Å². The zero-order chi connectivity index (χ0) is 18.0. The molecular weight excluding hydrogens is 348 g/mol. The molecule has 1 aliphatic heterocycles. The van der Waals surface area contributed by atoms with E-state index in [0.717, 1.165) is 4.90 Å². The first-order valence-corrected chi connectivity index (χ1v) is 8.96. The summed E-state index contributed by atoms with van der Waals surface area (Å²) in [6.45, 7) is -0.0374. The van der Waals surface area contributed by atoms with Gasteiger partial charge in [-0.2, -0.15) is 0 Å². The number of hydrogen-bond acceptors (Lipinski definition) is 6. The minimum absolute atomic E-state index is 0.0374. The number of anilines is 1. The first-order valence-electron chi connectivity index (χ1n) is 7.48. The molecule has 0 radical (unpaired) electrons. The van der Waals surface area contributed by atoms with Crippen LogP contribution in [0.25, 0.3) is 0 Å². The van der Waals surface area contributed by atoms with Gasteiger partial charge in [0.2, 0.25) is 21.8 Å². The van der Waals surface area contributed by atoms with Gasteiger partial charge in [0.15, 0.2) is 0 Å². The summed E-state index contributed by atoms with van der Waals surface area (Å²) in [6, 6.07) is 7.43. The fourth-order valence-electron chi connectivity index (χ4n) is 2.54. The lowest BCUT2D eigenvalue weighted by Crippen LogP contribution is -2.29. The molecule has 0 bridgehead atoms. The van der Waals surface area contributed by atoms with Gasteiger partial charge in [0.05, 0.1) is 25.6 Å². The predicted molar refractivity (Wildman–Crippen MR) is 87.5 cm³/mol. The molecule has 3 rings (SSSR count). The highest BCUT2D eigenvalue weighted by Crippen LogP contribution is 2.31. The number of nitrogens with one attached hydrogen (secondary N) is 1. The number of nitrogens with zero attached hydrogens (tertiary/aromatic N) is 1. The maximum absolute atomic E-state index is 12.6. The number of benzene rings is 1. The SMILES string of the molecule is COc1ccc(N2C(=O)CCC2=O)cc1S(=O)(=O)NCc1ccco1. The molecule has 1 saturated heterocycles. The Labute approximate surface area is 144 Å². The summed E-state index contributed by atoms with van der Waals surface area (Å²) in [5.41, 5.74) is 0.201. The van der Waals surface area contributed by atoms with Crippen LogP contribution in [0.3, 0.4) is 0 Å². The molecule has 1 aliphatic rings. The summed E-state index contributed by atoms with van der Waals surface area (Å²) in [7, 11) is -2.61. The van der Waals surface area contributed by atoms with Crippen LogP contribution >= 0.6 is 0 Å². The third-order valence-electron chi connectivity index (χ3n) is 3.76. The summed E-state index contributed by atoms with van der Waals surface area (Å²) in [6.07, 6.45) is 1.67. The molecule has 1 aromatic heterocycles. The van der Waals surface area contributed by atoms with E-state index in [2.05, 4.69) is 4.72 Å². The largest absolute Gasteiger partial charge is 0.495 e. The second kappa shape index (κ2) is 6.69. The van der Waals surface area contributed by atoms with Crippen LogP contribution in [0.1, 0.15) is 18.6 Å². The summed E-state index contributed by atoms with van der Waals surface area (Å²) < 4.78 is 37.8. The standard InChI is InChI=1S/C16H16N2O6S/c1-23-13-5-4-11(18-15(19)6-7-16(18)20)9-14(13)25(21,22)17-10-12-3-2-8-24-12/h2-5,8-9,17H,6-7,10H2,1H3. The van der Waals surface area contributed by atoms with Crippen LogP contribution in [-0.4, -0.2) is 27.3 Å². The monoisotopic (exact) mass is 364 g/mol. The zero-order valence-electron chi connectivity index (χ0n) is 13.4. The second-order valence-electron chi connectivity index (χ2n) is 5.36. The first kappa shape index (κ1) is 17.2. The van der Waals surface area contributed by atoms with Gasteiger partial charge in [-0.05, 0) is 30.3 Å². The van der Waals surface area contributed by atoms with Crippen LogP contribution in [0.2, 0.25) is 0 Å². The molecule has 9 heteroatoms. The highest BCUT2D eigenvalue weighted by molar-refractivity contribution is 7.89. The van der Waals surface area contributed by atoms with E-state index in [1.54, 1.807) is 12.1 Å². The Morgan fingerprint density at radius 3 is 2.52 bits per heavy atom. The fourth-order valence-corrected chi connectivity index (χ4v) is 3.72. The molecule has 25 heavy (non-hydrogen) atoms. The lowest BCUT2D eigenvalue weighted by atomic mass is 10.2. The van der Waals surface area contributed by atoms with Gasteiger partial charge < -0.3 is 9.15 Å². The van der Waals surface area contributed by atoms with Crippen molar-refractivity contribution in [3.05, 3.63) is 42.4 Å². The zero-order valence-corrected chi connectivity index (χ0v) is 14.2. The van der Waals surface area contributed by atoms with Crippen LogP contribution in [0, 0.1) is 0 Å². The Kier molecular flexibility index (Phi) is 4.60. The number of furan rings is 1. The molecule has 0 saturated carbocycles. The maximum Gasteiger partial charge on any atom is 0.244 e. The van der Waals surface area contributed by atoms with Crippen molar-refractivity contribution in [2.24, 2.45) is 0 Å². The molecule has 132 valence electrons. The van der Waals surface area contributed by atoms with Gasteiger partial charge in [0.1, 0.15) is 16.4 Å². The van der Waals surface area contributed by atoms with Crippen LogP contribution in [-0.2, 0) is 26.2 Å². The Morgan fingerprint density at radius 1 is 1.20 bits per heavy atom. The number of rotatable bonds is 6. The smallest absolute Gasteiger partial charge is 0.244 e. The van der Waals surface area contributed by atoms with Crippen molar-refractivity contribution >= 4 is 27.5 Å². The number of sulfonamides is 1. The van der Waals surface area contributed by atoms with Crippen molar-refractivity contribution < 1.29 is 27.2 Å². The van der Waals surface area contributed by atoms with E-state index in [1.165, 1.54) is 31.6 Å². The predicted octanol–water partition coefficient (Wildman–Crippen LogP) is 1.42. The lowest BCUT2D eigenvalue weighted by Gasteiger charge is -2.17. The number of imide groups is 1. The number of ether oxygens (including phenoxy) is 1. The normalized spacial score (nSPS) is 15.0. The summed E-state index contributed by atoms with van der Waals surface area (Å²) >= 11 is 0. The van der Waals surface area contributed by atoms with Gasteiger partial charge in [-0.25, -0.2) is 13.1 Å². The van der Waals surface area contributed by atoms with E-state index in [0.29, 0.717) is 5.76 Å². The van der Waals surface area contributed by atoms with Gasteiger partial charge in [-0.1, -0.05) is 0 Å². The van der Waals surface area contributed by atoms with Crippen LogP contribution in [0.15, 0.2) is 45.9 Å². The van der Waals surface area contributed by atoms with Crippen LogP contribution < -0.4 is 14.4 Å². The average molecular weight is 364 g/mol. The van der Waals surface area contributed by atoms with Gasteiger partial charge >= 0.3 is 0 Å². The maximum atomic E-state index is 12.6. The van der Waals surface area contributed by atoms with Crippen molar-refractivity contribution in [1.82, 2.24) is 4.72 Å². The van der Waals surface area contributed by atoms with Gasteiger partial charge in [0.25, 0.3) is 0 Å². The van der Waals surface area contributed by atoms with Gasteiger partial charge in [-0.15, -0.1) is 0 Å². The van der Waals surface area contributed by atoms with E-state index in [9.17, 15) is 18.0 Å². The Morgan fingerprint density at radius 2 is 1.92 bits per heavy atom. The molecule has 2 aromatic rings. The minimum Gasteiger partial charge on any atom is -0.495 e. The third-order valence-corrected chi connectivity index (χ3v) is 5.19. The highest BCUT2D eigenvalue weighted by atomic mass is 32.2. The van der Waals surface area contributed by atoms with E-state index in [4.69, 9.17) is 9.15 Å². The molecule has 1 fully saturated rings. The molecule has 0 spiro atoms. The summed E-state index contributed by atoms with van der Waals surface area (Å²) in [5, 5.41) is 0. The van der Waals surface area contributed by atoms with Crippen molar-refractivity contribution in [3.8, 4) is 5.75 Å². The molecular formula is C16H16N2O6S. The Bertz CT molecular complexity index is 889. The molecule has 0 atom stereocenters. The lowest BCUT2D eigenvalue weighted by molar-refractivity contribution is -0.121. The number of methoxy groups -OCH3 is 1. The molecule has 8 nitrogen and oxygen atoms in total. The molecule has 1 aromatic carbocycles. The molecule has 0 unspecified atom stereocenters. The molecule has 2 amide bonds. The van der Waals surface area contributed by atoms with E-state index < -0.39 is 10.0 Å². The van der Waals surface area contributed by atoms with Crippen molar-refractivity contribution in [2.75, 3.05) is 12.0 Å². The summed E-state index contributed by atoms with van der Waals surface area (Å²) in [5.74, 6) is -0.164. The van der Waals surface area contributed by atoms with Crippen molar-refractivity contribution in [3.63, 3.8) is 0 Å². The van der Waals surface area contributed by atoms with Gasteiger partial charge in [0, 0.05) is 12.8 Å². The van der Waals surface area contributed by atoms with Crippen LogP contribution in [0.4, 0.5) is 5.69 Å². The van der Waals surface area contributed by atoms with E-state index in [-0.39, 0.29) is 47.5 Å². The Balaban J connectivity index is 1.94. The second-order valence-corrected chi connectivity index (χ2v) is 7.10. The third kappa shape index (κ3) is 3.42. The topological polar surface area (TPSA) is 106 Å². The number of hydrogen-bond donors (Lipinski definition) is 1. The fraction of sp³-hybridized carbons (Fsp3) is 0.250. The molecule has 0 aliphatic carbocycles. The first-order chi connectivity index (χ1) is 11.9. The molecule has 2 heterocycles. The quantitative estimate of drug-likeness (QED) is 0.777. The Hall–Kier alpha value is -2.65. The average Bonchev–Trinajstić information content (AvgIpc) is 3.22. The number of amides is 2. The summed E-state index contributed by atoms with van der Waals surface area (Å²) in [4.78, 5) is 24.6. The van der Waals surface area contributed by atoms with Crippen molar-refractivity contribution in [1.29, 1.82) is 0 Å². The van der Waals surface area contributed by atoms with Gasteiger partial charge in [-0.3, -0.25) is 14.5 Å². The number of carbonyl (C=O) groups excluding carboxylic acids is 2.